The molecule has 4 nitrogen and oxygen atoms in total. The lowest BCUT2D eigenvalue weighted by Crippen LogP contribution is -2.54. The van der Waals surface area contributed by atoms with Gasteiger partial charge in [0, 0.05) is 6.42 Å². The number of carbonyl (C=O) groups is 2. The molecule has 1 aromatic carbocycles. The molecular weight excluding hydrogens is 247 g/mol. The molecule has 1 fully saturated rings. The molecule has 1 aromatic rings. The minimum atomic E-state index is -0.729. The van der Waals surface area contributed by atoms with E-state index >= 15 is 0 Å². The third-order valence-electron chi connectivity index (χ3n) is 3.52. The fourth-order valence-electron chi connectivity index (χ4n) is 2.35. The third-order valence-corrected chi connectivity index (χ3v) is 3.52. The highest BCUT2D eigenvalue weighted by atomic mass is 19.1. The minimum Gasteiger partial charge on any atom is -0.298 e. The number of piperidine rings is 1. The molecule has 1 heterocycles. The molecule has 2 atom stereocenters. The molecule has 1 saturated heterocycles. The number of nitrogens with two attached hydrogens (primary N) is 1. The normalized spacial score (nSPS) is 23.5. The van der Waals surface area contributed by atoms with Crippen LogP contribution in [0.3, 0.4) is 0 Å². The van der Waals surface area contributed by atoms with E-state index in [1.54, 1.807) is 0 Å². The molecule has 1 amide bonds. The Morgan fingerprint density at radius 1 is 1.32 bits per heavy atom. The lowest BCUT2D eigenvalue weighted by Gasteiger charge is -2.33. The topological polar surface area (TPSA) is 63.4 Å². The first-order valence-electron chi connectivity index (χ1n) is 6.34. The number of rotatable bonds is 4. The molecule has 1 aliphatic heterocycles. The summed E-state index contributed by atoms with van der Waals surface area (Å²) in [5, 5.41) is 0.886. The largest absolute Gasteiger partial charge is 0.298 e. The maximum absolute atomic E-state index is 12.6. The zero-order valence-corrected chi connectivity index (χ0v) is 10.6. The molecule has 1 aliphatic rings. The van der Waals surface area contributed by atoms with Crippen LogP contribution in [0.1, 0.15) is 18.4 Å². The minimum absolute atomic E-state index is 0.149. The Morgan fingerprint density at radius 3 is 2.63 bits per heavy atom. The van der Waals surface area contributed by atoms with Gasteiger partial charge in [-0.3, -0.25) is 14.6 Å². The highest BCUT2D eigenvalue weighted by Gasteiger charge is 2.37. The second kappa shape index (κ2) is 5.93. The number of benzene rings is 1. The van der Waals surface area contributed by atoms with Crippen molar-refractivity contribution in [2.45, 2.75) is 25.3 Å². The summed E-state index contributed by atoms with van der Waals surface area (Å²) < 4.78 is 12.6. The van der Waals surface area contributed by atoms with Crippen molar-refractivity contribution >= 4 is 11.7 Å². The monoisotopic (exact) mass is 264 g/mol. The van der Waals surface area contributed by atoms with Crippen molar-refractivity contribution in [1.82, 2.24) is 5.01 Å². The van der Waals surface area contributed by atoms with Crippen LogP contribution in [0.15, 0.2) is 30.3 Å². The molecule has 2 rings (SSSR count). The van der Waals surface area contributed by atoms with Crippen LogP contribution in [0.25, 0.3) is 0 Å². The van der Waals surface area contributed by atoms with Crippen molar-refractivity contribution in [3.63, 3.8) is 0 Å². The number of hydrogen-bond acceptors (Lipinski definition) is 3. The van der Waals surface area contributed by atoms with Gasteiger partial charge in [-0.2, -0.15) is 0 Å². The molecule has 5 heteroatoms. The van der Waals surface area contributed by atoms with Gasteiger partial charge in [0.25, 0.3) is 0 Å². The zero-order chi connectivity index (χ0) is 13.8. The number of nitrogens with zero attached hydrogens (tertiary/aromatic N) is 1. The summed E-state index contributed by atoms with van der Waals surface area (Å²) in [7, 11) is 0. The Morgan fingerprint density at radius 2 is 2.00 bits per heavy atom. The Bertz CT molecular complexity index is 464. The van der Waals surface area contributed by atoms with Crippen molar-refractivity contribution in [1.29, 1.82) is 0 Å². The molecule has 0 bridgehead atoms. The molecule has 0 saturated carbocycles. The predicted octanol–water partition coefficient (Wildman–Crippen LogP) is 1.25. The van der Waals surface area contributed by atoms with Crippen LogP contribution in [-0.4, -0.2) is 29.4 Å². The van der Waals surface area contributed by atoms with Crippen LogP contribution in [0, 0.1) is 5.92 Å². The Hall–Kier alpha value is -1.75. The van der Waals surface area contributed by atoms with Crippen LogP contribution < -0.4 is 5.84 Å². The quantitative estimate of drug-likeness (QED) is 0.505. The van der Waals surface area contributed by atoms with Gasteiger partial charge in [0.1, 0.15) is 12.5 Å². The SMILES string of the molecule is NN1C(=O)C(C(=O)Cc2ccccc2)CCC1CF. The number of hydrazine groups is 1. The van der Waals surface area contributed by atoms with E-state index in [0.29, 0.717) is 12.8 Å². The number of carbonyl (C=O) groups excluding carboxylic acids is 2. The molecule has 0 radical (unpaired) electrons. The summed E-state index contributed by atoms with van der Waals surface area (Å²) in [5.74, 6) is 4.21. The molecule has 0 aliphatic carbocycles. The summed E-state index contributed by atoms with van der Waals surface area (Å²) in [6.45, 7) is -0.665. The highest BCUT2D eigenvalue weighted by Crippen LogP contribution is 2.23. The Labute approximate surface area is 111 Å². The molecule has 2 unspecified atom stereocenters. The van der Waals surface area contributed by atoms with Crippen LogP contribution in [0.5, 0.6) is 0 Å². The first kappa shape index (κ1) is 13.7. The second-order valence-electron chi connectivity index (χ2n) is 4.81. The van der Waals surface area contributed by atoms with Gasteiger partial charge >= 0.3 is 0 Å². The average molecular weight is 264 g/mol. The standard InChI is InChI=1S/C14H17FN2O2/c15-9-11-6-7-12(14(19)17(11)16)13(18)8-10-4-2-1-3-5-10/h1-5,11-12H,6-9,16H2. The number of alkyl halides is 1. The number of hydrogen-bond donors (Lipinski definition) is 1. The smallest absolute Gasteiger partial charge is 0.247 e. The van der Waals surface area contributed by atoms with Gasteiger partial charge in [-0.15, -0.1) is 0 Å². The maximum atomic E-state index is 12.6. The van der Waals surface area contributed by atoms with E-state index in [0.717, 1.165) is 10.6 Å². The van der Waals surface area contributed by atoms with Crippen LogP contribution in [0.2, 0.25) is 0 Å². The van der Waals surface area contributed by atoms with E-state index in [2.05, 4.69) is 0 Å². The summed E-state index contributed by atoms with van der Waals surface area (Å²) in [6, 6.07) is 8.66. The number of ketones is 1. The van der Waals surface area contributed by atoms with Crippen LogP contribution >= 0.6 is 0 Å². The van der Waals surface area contributed by atoms with E-state index in [9.17, 15) is 14.0 Å². The lowest BCUT2D eigenvalue weighted by molar-refractivity contribution is -0.147. The number of halogens is 1. The first-order chi connectivity index (χ1) is 9.13. The van der Waals surface area contributed by atoms with Crippen molar-refractivity contribution < 1.29 is 14.0 Å². The van der Waals surface area contributed by atoms with Crippen LogP contribution in [0.4, 0.5) is 4.39 Å². The molecule has 102 valence electrons. The van der Waals surface area contributed by atoms with Crippen molar-refractivity contribution in [2.24, 2.45) is 11.8 Å². The molecule has 0 spiro atoms. The summed E-state index contributed by atoms with van der Waals surface area (Å²) >= 11 is 0. The third kappa shape index (κ3) is 2.98. The van der Waals surface area contributed by atoms with Crippen molar-refractivity contribution in [3.8, 4) is 0 Å². The van der Waals surface area contributed by atoms with Crippen molar-refractivity contribution in [2.75, 3.05) is 6.67 Å². The summed E-state index contributed by atoms with van der Waals surface area (Å²) in [5.41, 5.74) is 0.872. The fourth-order valence-corrected chi connectivity index (χ4v) is 2.35. The molecule has 0 aromatic heterocycles. The maximum Gasteiger partial charge on any atom is 0.247 e. The van der Waals surface area contributed by atoms with Gasteiger partial charge in [-0.05, 0) is 18.4 Å². The molecule has 19 heavy (non-hydrogen) atoms. The van der Waals surface area contributed by atoms with Gasteiger partial charge in [0.2, 0.25) is 5.91 Å². The van der Waals surface area contributed by atoms with Crippen molar-refractivity contribution in [3.05, 3.63) is 35.9 Å². The molecular formula is C14H17FN2O2. The Balaban J connectivity index is 2.02. The van der Waals surface area contributed by atoms with E-state index in [4.69, 9.17) is 5.84 Å². The van der Waals surface area contributed by atoms with Gasteiger partial charge < -0.3 is 0 Å². The van der Waals surface area contributed by atoms with Gasteiger partial charge in [0.05, 0.1) is 12.0 Å². The average Bonchev–Trinajstić information content (AvgIpc) is 2.42. The second-order valence-corrected chi connectivity index (χ2v) is 4.81. The Kier molecular flexibility index (Phi) is 4.27. The summed E-state index contributed by atoms with van der Waals surface area (Å²) in [6.07, 6.45) is 1.03. The first-order valence-corrected chi connectivity index (χ1v) is 6.34. The van der Waals surface area contributed by atoms with E-state index < -0.39 is 24.5 Å². The lowest BCUT2D eigenvalue weighted by atomic mass is 9.87. The summed E-state index contributed by atoms with van der Waals surface area (Å²) in [4.78, 5) is 24.1. The molecule has 2 N–H and O–H groups in total. The van der Waals surface area contributed by atoms with E-state index in [-0.39, 0.29) is 12.2 Å². The van der Waals surface area contributed by atoms with Gasteiger partial charge in [-0.25, -0.2) is 10.2 Å². The highest BCUT2D eigenvalue weighted by molar-refractivity contribution is 6.02. The van der Waals surface area contributed by atoms with Gasteiger partial charge in [-0.1, -0.05) is 30.3 Å². The number of Topliss-reactive ketones (excluding diaryl/α,β-unsaturated/α-hetero) is 1. The zero-order valence-electron chi connectivity index (χ0n) is 10.6. The van der Waals surface area contributed by atoms with E-state index in [1.165, 1.54) is 0 Å². The van der Waals surface area contributed by atoms with Crippen LogP contribution in [-0.2, 0) is 16.0 Å². The number of amides is 1. The predicted molar refractivity (Wildman–Crippen MR) is 68.7 cm³/mol. The van der Waals surface area contributed by atoms with Gasteiger partial charge in [0.15, 0.2) is 0 Å². The van der Waals surface area contributed by atoms with E-state index in [1.807, 2.05) is 30.3 Å². The fraction of sp³-hybridized carbons (Fsp3) is 0.429.